The molecule has 1 aromatic heterocycles. The third-order valence-electron chi connectivity index (χ3n) is 2.67. The summed E-state index contributed by atoms with van der Waals surface area (Å²) >= 11 is 0. The molecule has 0 aliphatic carbocycles. The fraction of sp³-hybridized carbons (Fsp3) is 0.250. The molecular formula is C16H18N2O2. The average Bonchev–Trinajstić information content (AvgIpc) is 2.88. The van der Waals surface area contributed by atoms with E-state index >= 15 is 0 Å². The van der Waals surface area contributed by atoms with E-state index in [0.717, 1.165) is 18.5 Å². The smallest absolute Gasteiger partial charge is 0.346 e. The average molecular weight is 270 g/mol. The minimum atomic E-state index is -1.21. The van der Waals surface area contributed by atoms with Crippen LogP contribution in [0.2, 0.25) is 0 Å². The Morgan fingerprint density at radius 3 is 2.90 bits per heavy atom. The van der Waals surface area contributed by atoms with E-state index in [1.54, 1.807) is 12.1 Å². The van der Waals surface area contributed by atoms with Crippen LogP contribution in [-0.4, -0.2) is 15.6 Å². The largest absolute Gasteiger partial charge is 0.477 e. The van der Waals surface area contributed by atoms with Crippen molar-refractivity contribution in [3.8, 4) is 6.07 Å². The van der Waals surface area contributed by atoms with Crippen LogP contribution in [0, 0.1) is 11.3 Å². The van der Waals surface area contributed by atoms with Crippen LogP contribution in [0.3, 0.4) is 0 Å². The SMILES string of the molecule is CCCCn1ccc(/C=C/C=C/C=C(\C#N)C(=O)O)c1. The Hall–Kier alpha value is -2.54. The highest BCUT2D eigenvalue weighted by Crippen LogP contribution is 2.05. The second kappa shape index (κ2) is 8.54. The molecule has 0 saturated heterocycles. The summed E-state index contributed by atoms with van der Waals surface area (Å²) in [7, 11) is 0. The fourth-order valence-corrected chi connectivity index (χ4v) is 1.58. The second-order valence-electron chi connectivity index (χ2n) is 4.28. The number of allylic oxidation sites excluding steroid dienone is 4. The van der Waals surface area contributed by atoms with Crippen LogP contribution in [0.25, 0.3) is 6.08 Å². The lowest BCUT2D eigenvalue weighted by atomic mass is 10.2. The van der Waals surface area contributed by atoms with E-state index < -0.39 is 5.97 Å². The van der Waals surface area contributed by atoms with E-state index in [1.165, 1.54) is 18.6 Å². The first kappa shape index (κ1) is 15.5. The van der Waals surface area contributed by atoms with Crippen molar-refractivity contribution >= 4 is 12.0 Å². The molecule has 1 N–H and O–H groups in total. The minimum absolute atomic E-state index is 0.277. The number of nitriles is 1. The van der Waals surface area contributed by atoms with E-state index in [4.69, 9.17) is 10.4 Å². The number of rotatable bonds is 7. The molecule has 0 saturated carbocycles. The van der Waals surface area contributed by atoms with Crippen molar-refractivity contribution in [3.05, 3.63) is 53.9 Å². The Balaban J connectivity index is 2.55. The molecule has 0 amide bonds. The molecule has 0 aromatic carbocycles. The number of nitrogens with zero attached hydrogens (tertiary/aromatic N) is 2. The Morgan fingerprint density at radius 1 is 1.45 bits per heavy atom. The Labute approximate surface area is 119 Å². The minimum Gasteiger partial charge on any atom is -0.477 e. The van der Waals surface area contributed by atoms with Gasteiger partial charge in [0.05, 0.1) is 0 Å². The Kier molecular flexibility index (Phi) is 6.63. The van der Waals surface area contributed by atoms with Gasteiger partial charge in [0.15, 0.2) is 0 Å². The van der Waals surface area contributed by atoms with Crippen LogP contribution >= 0.6 is 0 Å². The zero-order valence-electron chi connectivity index (χ0n) is 11.5. The van der Waals surface area contributed by atoms with Crippen molar-refractivity contribution in [2.45, 2.75) is 26.3 Å². The van der Waals surface area contributed by atoms with Crippen molar-refractivity contribution in [1.82, 2.24) is 4.57 Å². The molecule has 0 aliphatic rings. The summed E-state index contributed by atoms with van der Waals surface area (Å²) < 4.78 is 2.14. The number of carbonyl (C=O) groups is 1. The molecule has 1 rings (SSSR count). The monoisotopic (exact) mass is 270 g/mol. The van der Waals surface area contributed by atoms with Crippen LogP contribution in [0.4, 0.5) is 0 Å². The summed E-state index contributed by atoms with van der Waals surface area (Å²) in [5, 5.41) is 17.2. The van der Waals surface area contributed by atoms with E-state index in [1.807, 2.05) is 24.4 Å². The summed E-state index contributed by atoms with van der Waals surface area (Å²) in [6.07, 6.45) is 14.7. The highest BCUT2D eigenvalue weighted by molar-refractivity contribution is 5.91. The highest BCUT2D eigenvalue weighted by atomic mass is 16.4. The van der Waals surface area contributed by atoms with Gasteiger partial charge in [-0.3, -0.25) is 0 Å². The maximum atomic E-state index is 10.6. The molecule has 0 unspecified atom stereocenters. The maximum Gasteiger partial charge on any atom is 0.346 e. The molecule has 1 heterocycles. The lowest BCUT2D eigenvalue weighted by Crippen LogP contribution is -1.96. The van der Waals surface area contributed by atoms with E-state index in [0.29, 0.717) is 0 Å². The summed E-state index contributed by atoms with van der Waals surface area (Å²) in [6, 6.07) is 3.64. The van der Waals surface area contributed by atoms with Crippen LogP contribution < -0.4 is 0 Å². The van der Waals surface area contributed by atoms with Crippen molar-refractivity contribution in [2.24, 2.45) is 0 Å². The number of carboxylic acid groups (broad SMARTS) is 1. The molecule has 0 atom stereocenters. The van der Waals surface area contributed by atoms with Gasteiger partial charge >= 0.3 is 5.97 Å². The lowest BCUT2D eigenvalue weighted by molar-refractivity contribution is -0.132. The molecule has 1 aromatic rings. The zero-order chi connectivity index (χ0) is 14.8. The number of aromatic nitrogens is 1. The molecule has 0 bridgehead atoms. The number of hydrogen-bond donors (Lipinski definition) is 1. The zero-order valence-corrected chi connectivity index (χ0v) is 11.5. The maximum absolute atomic E-state index is 10.6. The summed E-state index contributed by atoms with van der Waals surface area (Å²) in [5.41, 5.74) is 0.814. The summed E-state index contributed by atoms with van der Waals surface area (Å²) in [6.45, 7) is 3.18. The topological polar surface area (TPSA) is 66.0 Å². The van der Waals surface area contributed by atoms with Crippen LogP contribution in [0.5, 0.6) is 0 Å². The van der Waals surface area contributed by atoms with Crippen molar-refractivity contribution in [3.63, 3.8) is 0 Å². The quantitative estimate of drug-likeness (QED) is 0.469. The van der Waals surface area contributed by atoms with Gasteiger partial charge in [-0.2, -0.15) is 5.26 Å². The van der Waals surface area contributed by atoms with Gasteiger partial charge < -0.3 is 9.67 Å². The van der Waals surface area contributed by atoms with Gasteiger partial charge in [0, 0.05) is 18.9 Å². The van der Waals surface area contributed by atoms with E-state index in [9.17, 15) is 4.79 Å². The standard InChI is InChI=1S/C16H18N2O2/c1-2-3-10-18-11-9-14(13-18)7-5-4-6-8-15(12-17)16(19)20/h4-9,11,13H,2-3,10H2,1H3,(H,19,20)/b6-4+,7-5+,15-8+. The molecule has 0 radical (unpaired) electrons. The molecular weight excluding hydrogens is 252 g/mol. The van der Waals surface area contributed by atoms with Gasteiger partial charge in [-0.05, 0) is 24.1 Å². The van der Waals surface area contributed by atoms with Crippen molar-refractivity contribution < 1.29 is 9.90 Å². The van der Waals surface area contributed by atoms with Crippen LogP contribution in [0.1, 0.15) is 25.3 Å². The number of hydrogen-bond acceptors (Lipinski definition) is 2. The number of aryl methyl sites for hydroxylation is 1. The first-order valence-corrected chi connectivity index (χ1v) is 6.51. The lowest BCUT2D eigenvalue weighted by Gasteiger charge is -1.98. The van der Waals surface area contributed by atoms with Gasteiger partial charge in [0.2, 0.25) is 0 Å². The third-order valence-corrected chi connectivity index (χ3v) is 2.67. The molecule has 0 aliphatic heterocycles. The van der Waals surface area contributed by atoms with Gasteiger partial charge in [-0.15, -0.1) is 0 Å². The van der Waals surface area contributed by atoms with Crippen LogP contribution in [-0.2, 0) is 11.3 Å². The third kappa shape index (κ3) is 5.40. The highest BCUT2D eigenvalue weighted by Gasteiger charge is 2.01. The predicted molar refractivity (Wildman–Crippen MR) is 78.8 cm³/mol. The molecule has 0 spiro atoms. The summed E-state index contributed by atoms with van der Waals surface area (Å²) in [4.78, 5) is 10.6. The number of aliphatic carboxylic acids is 1. The molecule has 104 valence electrons. The molecule has 4 nitrogen and oxygen atoms in total. The van der Waals surface area contributed by atoms with E-state index in [-0.39, 0.29) is 5.57 Å². The molecule has 0 fully saturated rings. The molecule has 4 heteroatoms. The first-order chi connectivity index (χ1) is 9.67. The van der Waals surface area contributed by atoms with Crippen LogP contribution in [0.15, 0.2) is 48.3 Å². The Bertz CT molecular complexity index is 572. The predicted octanol–water partition coefficient (Wildman–Crippen LogP) is 3.39. The van der Waals surface area contributed by atoms with Gasteiger partial charge in [0.1, 0.15) is 11.6 Å². The summed E-state index contributed by atoms with van der Waals surface area (Å²) in [5.74, 6) is -1.21. The van der Waals surface area contributed by atoms with Gasteiger partial charge in [-0.25, -0.2) is 4.79 Å². The van der Waals surface area contributed by atoms with Gasteiger partial charge in [-0.1, -0.05) is 37.6 Å². The fourth-order valence-electron chi connectivity index (χ4n) is 1.58. The first-order valence-electron chi connectivity index (χ1n) is 6.51. The number of unbranched alkanes of at least 4 members (excludes halogenated alkanes) is 1. The van der Waals surface area contributed by atoms with Crippen molar-refractivity contribution in [2.75, 3.05) is 0 Å². The number of carboxylic acids is 1. The normalized spacial score (nSPS) is 12.1. The van der Waals surface area contributed by atoms with Gasteiger partial charge in [0.25, 0.3) is 0 Å². The van der Waals surface area contributed by atoms with E-state index in [2.05, 4.69) is 17.7 Å². The Morgan fingerprint density at radius 2 is 2.25 bits per heavy atom. The van der Waals surface area contributed by atoms with Crippen molar-refractivity contribution in [1.29, 1.82) is 5.26 Å². The molecule has 20 heavy (non-hydrogen) atoms. The second-order valence-corrected chi connectivity index (χ2v) is 4.28.